The van der Waals surface area contributed by atoms with E-state index in [0.29, 0.717) is 16.7 Å². The van der Waals surface area contributed by atoms with Crippen molar-refractivity contribution in [3.8, 4) is 11.1 Å². The predicted molar refractivity (Wildman–Crippen MR) is 125 cm³/mol. The highest BCUT2D eigenvalue weighted by Crippen LogP contribution is 2.39. The largest absolute Gasteiger partial charge is 0.481 e. The van der Waals surface area contributed by atoms with Crippen LogP contribution in [0.25, 0.3) is 33.1 Å². The Balaban J connectivity index is 1.76. The molecule has 170 valence electrons. The van der Waals surface area contributed by atoms with Crippen LogP contribution in [0.5, 0.6) is 0 Å². The lowest BCUT2D eigenvalue weighted by atomic mass is 9.96. The maximum Gasteiger partial charge on any atom is 0.339 e. The number of aliphatic carboxylic acids is 1. The van der Waals surface area contributed by atoms with E-state index in [9.17, 15) is 14.4 Å². The first-order valence-electron chi connectivity index (χ1n) is 10.8. The highest BCUT2D eigenvalue weighted by molar-refractivity contribution is 6.05. The summed E-state index contributed by atoms with van der Waals surface area (Å²) in [6.07, 6.45) is 0.125. The molecular weight excluding hydrogens is 422 g/mol. The number of carboxylic acids is 1. The van der Waals surface area contributed by atoms with Gasteiger partial charge in [-0.05, 0) is 44.4 Å². The third-order valence-electron chi connectivity index (χ3n) is 5.96. The Labute approximate surface area is 190 Å². The molecule has 0 aliphatic rings. The fourth-order valence-electron chi connectivity index (χ4n) is 4.26. The molecule has 2 aromatic heterocycles. The number of hydrogen-bond donors (Lipinski definition) is 2. The van der Waals surface area contributed by atoms with Crippen LogP contribution in [0.15, 0.2) is 50.0 Å². The van der Waals surface area contributed by atoms with Gasteiger partial charge in [0, 0.05) is 40.4 Å². The Morgan fingerprint density at radius 3 is 2.33 bits per heavy atom. The number of furan rings is 1. The first-order valence-corrected chi connectivity index (χ1v) is 10.8. The lowest BCUT2D eigenvalue weighted by Crippen LogP contribution is -2.26. The number of benzene rings is 2. The van der Waals surface area contributed by atoms with Crippen LogP contribution >= 0.6 is 0 Å². The number of carboxylic acid groups (broad SMARTS) is 1. The van der Waals surface area contributed by atoms with Gasteiger partial charge in [0.2, 0.25) is 5.91 Å². The van der Waals surface area contributed by atoms with Gasteiger partial charge >= 0.3 is 11.6 Å². The van der Waals surface area contributed by atoms with Crippen LogP contribution in [0.3, 0.4) is 0 Å². The number of hydrogen-bond acceptors (Lipinski definition) is 5. The van der Waals surface area contributed by atoms with Crippen molar-refractivity contribution in [2.24, 2.45) is 0 Å². The summed E-state index contributed by atoms with van der Waals surface area (Å²) in [5, 5.41) is 13.0. The molecule has 1 amide bonds. The quantitative estimate of drug-likeness (QED) is 0.399. The minimum absolute atomic E-state index is 0.0543. The van der Waals surface area contributed by atoms with E-state index in [1.165, 1.54) is 0 Å². The van der Waals surface area contributed by atoms with E-state index in [1.54, 1.807) is 0 Å². The molecule has 0 atom stereocenters. The minimum Gasteiger partial charge on any atom is -0.481 e. The van der Waals surface area contributed by atoms with Gasteiger partial charge in [-0.25, -0.2) is 4.79 Å². The van der Waals surface area contributed by atoms with Gasteiger partial charge in [0.15, 0.2) is 0 Å². The fourth-order valence-corrected chi connectivity index (χ4v) is 4.26. The average molecular weight is 447 g/mol. The first-order chi connectivity index (χ1) is 15.8. The Hall–Kier alpha value is -3.87. The van der Waals surface area contributed by atoms with Crippen molar-refractivity contribution in [1.82, 2.24) is 5.32 Å². The van der Waals surface area contributed by atoms with E-state index in [1.807, 2.05) is 57.2 Å². The van der Waals surface area contributed by atoms with E-state index < -0.39 is 11.6 Å². The number of amides is 1. The number of carbonyl (C=O) groups excluding carboxylic acids is 1. The van der Waals surface area contributed by atoms with Crippen molar-refractivity contribution < 1.29 is 23.5 Å². The Morgan fingerprint density at radius 2 is 1.64 bits per heavy atom. The number of aryl methyl sites for hydroxylation is 3. The van der Waals surface area contributed by atoms with Crippen LogP contribution < -0.4 is 10.9 Å². The van der Waals surface area contributed by atoms with Crippen LogP contribution in [0.2, 0.25) is 0 Å². The van der Waals surface area contributed by atoms with Crippen molar-refractivity contribution in [2.45, 2.75) is 40.0 Å². The smallest absolute Gasteiger partial charge is 0.339 e. The van der Waals surface area contributed by atoms with E-state index in [0.717, 1.165) is 38.8 Å². The molecule has 7 heteroatoms. The Bertz CT molecular complexity index is 1430. The van der Waals surface area contributed by atoms with Crippen LogP contribution in [0.1, 0.15) is 35.3 Å². The van der Waals surface area contributed by atoms with Gasteiger partial charge in [-0.3, -0.25) is 9.59 Å². The van der Waals surface area contributed by atoms with Crippen LogP contribution in [-0.2, 0) is 16.0 Å². The number of carbonyl (C=O) groups is 2. The Morgan fingerprint density at radius 1 is 0.939 bits per heavy atom. The molecule has 0 unspecified atom stereocenters. The second kappa shape index (κ2) is 8.94. The highest BCUT2D eigenvalue weighted by Gasteiger charge is 2.21. The van der Waals surface area contributed by atoms with E-state index in [-0.39, 0.29) is 31.7 Å². The molecule has 0 radical (unpaired) electrons. The van der Waals surface area contributed by atoms with Gasteiger partial charge in [0.05, 0.1) is 6.42 Å². The standard InChI is InChI=1S/C26H25NO6/c1-14-18(9-10-21(28)27-12-11-22(29)30)26(31)33-24-15(2)25-20(13-19(14)24)23(16(3)32-25)17-7-5-4-6-8-17/h4-8,13H,9-12H2,1-3H3,(H,27,28)(H,29,30). The van der Waals surface area contributed by atoms with E-state index in [4.69, 9.17) is 13.9 Å². The van der Waals surface area contributed by atoms with Crippen molar-refractivity contribution in [1.29, 1.82) is 0 Å². The first kappa shape index (κ1) is 22.3. The second-order valence-corrected chi connectivity index (χ2v) is 8.14. The molecule has 7 nitrogen and oxygen atoms in total. The van der Waals surface area contributed by atoms with Gasteiger partial charge in [-0.15, -0.1) is 0 Å². The summed E-state index contributed by atoms with van der Waals surface area (Å²) in [6.45, 7) is 5.71. The van der Waals surface area contributed by atoms with Crippen LogP contribution in [0, 0.1) is 20.8 Å². The monoisotopic (exact) mass is 447 g/mol. The molecule has 0 saturated carbocycles. The molecule has 33 heavy (non-hydrogen) atoms. The molecule has 2 aromatic carbocycles. The van der Waals surface area contributed by atoms with Crippen LogP contribution in [-0.4, -0.2) is 23.5 Å². The molecule has 2 heterocycles. The number of nitrogens with one attached hydrogen (secondary N) is 1. The summed E-state index contributed by atoms with van der Waals surface area (Å²) in [4.78, 5) is 35.4. The van der Waals surface area contributed by atoms with Crippen molar-refractivity contribution in [2.75, 3.05) is 6.54 Å². The maximum absolute atomic E-state index is 12.7. The van der Waals surface area contributed by atoms with E-state index >= 15 is 0 Å². The second-order valence-electron chi connectivity index (χ2n) is 8.14. The lowest BCUT2D eigenvalue weighted by Gasteiger charge is -2.10. The van der Waals surface area contributed by atoms with E-state index in [2.05, 4.69) is 5.32 Å². The molecule has 0 bridgehead atoms. The van der Waals surface area contributed by atoms with Gasteiger partial charge in [-0.1, -0.05) is 30.3 Å². The highest BCUT2D eigenvalue weighted by atomic mass is 16.4. The molecule has 0 spiro atoms. The third-order valence-corrected chi connectivity index (χ3v) is 5.96. The molecule has 4 rings (SSSR count). The summed E-state index contributed by atoms with van der Waals surface area (Å²) in [6, 6.07) is 12.0. The number of fused-ring (bicyclic) bond motifs is 2. The Kier molecular flexibility index (Phi) is 6.05. The minimum atomic E-state index is -0.979. The molecule has 2 N–H and O–H groups in total. The fraction of sp³-hybridized carbons (Fsp3) is 0.269. The SMILES string of the molecule is Cc1oc2c(C)c3oc(=O)c(CCC(=O)NCCC(=O)O)c(C)c3cc2c1-c1ccccc1. The lowest BCUT2D eigenvalue weighted by molar-refractivity contribution is -0.136. The molecule has 0 aliphatic heterocycles. The zero-order valence-corrected chi connectivity index (χ0v) is 18.8. The van der Waals surface area contributed by atoms with Crippen molar-refractivity contribution in [3.63, 3.8) is 0 Å². The van der Waals surface area contributed by atoms with Gasteiger partial charge in [0.1, 0.15) is 16.9 Å². The summed E-state index contributed by atoms with van der Waals surface area (Å²) in [7, 11) is 0. The predicted octanol–water partition coefficient (Wildman–Crippen LogP) is 4.65. The summed E-state index contributed by atoms with van der Waals surface area (Å²) < 4.78 is 11.8. The van der Waals surface area contributed by atoms with Gasteiger partial charge in [-0.2, -0.15) is 0 Å². The molecule has 4 aromatic rings. The zero-order valence-electron chi connectivity index (χ0n) is 18.8. The zero-order chi connectivity index (χ0) is 23.7. The topological polar surface area (TPSA) is 110 Å². The van der Waals surface area contributed by atoms with Crippen molar-refractivity contribution >= 4 is 33.8 Å². The average Bonchev–Trinajstić information content (AvgIpc) is 3.11. The molecular formula is C26H25NO6. The third kappa shape index (κ3) is 4.26. The summed E-state index contributed by atoms with van der Waals surface area (Å²) in [5.74, 6) is -0.501. The molecule has 0 saturated heterocycles. The van der Waals surface area contributed by atoms with Gasteiger partial charge in [0.25, 0.3) is 0 Å². The van der Waals surface area contributed by atoms with Crippen molar-refractivity contribution in [3.05, 3.63) is 69.3 Å². The number of rotatable bonds is 7. The normalized spacial score (nSPS) is 11.2. The summed E-state index contributed by atoms with van der Waals surface area (Å²) in [5.41, 5.74) is 4.69. The van der Waals surface area contributed by atoms with Gasteiger partial charge < -0.3 is 19.3 Å². The van der Waals surface area contributed by atoms with Crippen LogP contribution in [0.4, 0.5) is 0 Å². The summed E-state index contributed by atoms with van der Waals surface area (Å²) >= 11 is 0. The molecule has 0 aliphatic carbocycles. The molecule has 0 fully saturated rings. The maximum atomic E-state index is 12.7.